The molecule has 0 aromatic heterocycles. The third-order valence-electron chi connectivity index (χ3n) is 2.24. The summed E-state index contributed by atoms with van der Waals surface area (Å²) in [6.07, 6.45) is 8.94. The molecule has 0 unspecified atom stereocenters. The van der Waals surface area contributed by atoms with Gasteiger partial charge in [-0.05, 0) is 19.8 Å². The average molecular weight is 198 g/mol. The normalized spacial score (nSPS) is 11.5. The van der Waals surface area contributed by atoms with Crippen LogP contribution in [0.5, 0.6) is 0 Å². The Morgan fingerprint density at radius 2 is 1.86 bits per heavy atom. The van der Waals surface area contributed by atoms with Crippen LogP contribution in [0.3, 0.4) is 0 Å². The van der Waals surface area contributed by atoms with Crippen molar-refractivity contribution < 1.29 is 9.53 Å². The fourth-order valence-electron chi connectivity index (χ4n) is 1.34. The van der Waals surface area contributed by atoms with Gasteiger partial charge in [0.05, 0.1) is 7.11 Å². The summed E-state index contributed by atoms with van der Waals surface area (Å²) >= 11 is 0. The molecule has 14 heavy (non-hydrogen) atoms. The summed E-state index contributed by atoms with van der Waals surface area (Å²) in [6, 6.07) is 0. The number of hydrogen-bond acceptors (Lipinski definition) is 2. The van der Waals surface area contributed by atoms with Crippen LogP contribution in [0.2, 0.25) is 0 Å². The van der Waals surface area contributed by atoms with Gasteiger partial charge in [-0.15, -0.1) is 0 Å². The van der Waals surface area contributed by atoms with E-state index in [0.29, 0.717) is 0 Å². The van der Waals surface area contributed by atoms with Crippen molar-refractivity contribution in [3.8, 4) is 0 Å². The second-order valence-electron chi connectivity index (χ2n) is 3.68. The lowest BCUT2D eigenvalue weighted by Gasteiger charge is -2.01. The SMILES string of the molecule is CCCCCCC/C(C)=C\C(=O)OC. The van der Waals surface area contributed by atoms with Crippen molar-refractivity contribution in [2.24, 2.45) is 0 Å². The molecule has 0 N–H and O–H groups in total. The van der Waals surface area contributed by atoms with Crippen molar-refractivity contribution in [1.29, 1.82) is 0 Å². The summed E-state index contributed by atoms with van der Waals surface area (Å²) in [4.78, 5) is 10.9. The summed E-state index contributed by atoms with van der Waals surface area (Å²) in [5, 5.41) is 0. The van der Waals surface area contributed by atoms with Crippen LogP contribution in [-0.2, 0) is 9.53 Å². The van der Waals surface area contributed by atoms with Crippen molar-refractivity contribution >= 4 is 5.97 Å². The number of rotatable bonds is 7. The lowest BCUT2D eigenvalue weighted by Crippen LogP contribution is -1.95. The molecule has 0 saturated heterocycles. The van der Waals surface area contributed by atoms with Crippen molar-refractivity contribution in [2.75, 3.05) is 7.11 Å². The second-order valence-corrected chi connectivity index (χ2v) is 3.68. The van der Waals surface area contributed by atoms with Gasteiger partial charge in [0, 0.05) is 6.08 Å². The van der Waals surface area contributed by atoms with Gasteiger partial charge in [-0.2, -0.15) is 0 Å². The maximum absolute atomic E-state index is 10.9. The first-order chi connectivity index (χ1) is 6.70. The Hall–Kier alpha value is -0.790. The summed E-state index contributed by atoms with van der Waals surface area (Å²) in [6.45, 7) is 4.19. The van der Waals surface area contributed by atoms with Gasteiger partial charge < -0.3 is 4.74 Å². The summed E-state index contributed by atoms with van der Waals surface area (Å²) in [5.74, 6) is -0.240. The molecule has 2 nitrogen and oxygen atoms in total. The molecule has 0 aliphatic heterocycles. The Balaban J connectivity index is 3.48. The van der Waals surface area contributed by atoms with Crippen molar-refractivity contribution in [2.45, 2.75) is 52.4 Å². The van der Waals surface area contributed by atoms with Crippen LogP contribution in [0.4, 0.5) is 0 Å². The molecule has 2 heteroatoms. The van der Waals surface area contributed by atoms with Gasteiger partial charge in [-0.3, -0.25) is 0 Å². The highest BCUT2D eigenvalue weighted by atomic mass is 16.5. The van der Waals surface area contributed by atoms with Crippen molar-refractivity contribution in [3.05, 3.63) is 11.6 Å². The minimum Gasteiger partial charge on any atom is -0.466 e. The number of unbranched alkanes of at least 4 members (excludes halogenated alkanes) is 4. The molecule has 0 saturated carbocycles. The minimum absolute atomic E-state index is 0.240. The van der Waals surface area contributed by atoms with E-state index < -0.39 is 0 Å². The van der Waals surface area contributed by atoms with Crippen LogP contribution in [0.25, 0.3) is 0 Å². The highest BCUT2D eigenvalue weighted by Crippen LogP contribution is 2.10. The first-order valence-electron chi connectivity index (χ1n) is 5.45. The molecule has 0 bridgehead atoms. The number of methoxy groups -OCH3 is 1. The Labute approximate surface area is 87.3 Å². The lowest BCUT2D eigenvalue weighted by molar-refractivity contribution is -0.134. The van der Waals surface area contributed by atoms with E-state index in [1.165, 1.54) is 39.2 Å². The van der Waals surface area contributed by atoms with Gasteiger partial charge in [0.25, 0.3) is 0 Å². The quantitative estimate of drug-likeness (QED) is 0.356. The summed E-state index contributed by atoms with van der Waals surface area (Å²) in [7, 11) is 1.41. The van der Waals surface area contributed by atoms with Crippen molar-refractivity contribution in [3.63, 3.8) is 0 Å². The maximum Gasteiger partial charge on any atom is 0.330 e. The van der Waals surface area contributed by atoms with Crippen molar-refractivity contribution in [1.82, 2.24) is 0 Å². The molecular weight excluding hydrogens is 176 g/mol. The fourth-order valence-corrected chi connectivity index (χ4v) is 1.34. The molecule has 0 amide bonds. The van der Waals surface area contributed by atoms with Gasteiger partial charge in [0.15, 0.2) is 0 Å². The molecule has 0 spiro atoms. The average Bonchev–Trinajstić information content (AvgIpc) is 2.17. The highest BCUT2D eigenvalue weighted by molar-refractivity contribution is 5.82. The molecule has 0 radical (unpaired) electrons. The molecular formula is C12H22O2. The summed E-state index contributed by atoms with van der Waals surface area (Å²) in [5.41, 5.74) is 1.12. The Bertz CT molecular complexity index is 183. The van der Waals surface area contributed by atoms with Gasteiger partial charge in [-0.25, -0.2) is 4.79 Å². The number of carbonyl (C=O) groups is 1. The van der Waals surface area contributed by atoms with Crippen LogP contribution in [-0.4, -0.2) is 13.1 Å². The predicted octanol–water partition coefficient (Wildman–Crippen LogP) is 3.47. The minimum atomic E-state index is -0.240. The van der Waals surface area contributed by atoms with Gasteiger partial charge in [-0.1, -0.05) is 38.2 Å². The zero-order chi connectivity index (χ0) is 10.8. The Kier molecular flexibility index (Phi) is 8.30. The third-order valence-corrected chi connectivity index (χ3v) is 2.24. The van der Waals surface area contributed by atoms with Crippen LogP contribution >= 0.6 is 0 Å². The van der Waals surface area contributed by atoms with E-state index in [1.807, 2.05) is 6.92 Å². The number of carbonyl (C=O) groups excluding carboxylic acids is 1. The van der Waals surface area contributed by atoms with E-state index in [1.54, 1.807) is 6.08 Å². The third kappa shape index (κ3) is 7.84. The molecule has 0 aliphatic rings. The molecule has 0 aromatic rings. The van der Waals surface area contributed by atoms with E-state index in [2.05, 4.69) is 11.7 Å². The Morgan fingerprint density at radius 1 is 1.21 bits per heavy atom. The topological polar surface area (TPSA) is 26.3 Å². The maximum atomic E-state index is 10.9. The molecule has 0 rings (SSSR count). The van der Waals surface area contributed by atoms with Gasteiger partial charge in [0.2, 0.25) is 0 Å². The van der Waals surface area contributed by atoms with Crippen LogP contribution in [0.1, 0.15) is 52.4 Å². The molecule has 82 valence electrons. The standard InChI is InChI=1S/C12H22O2/c1-4-5-6-7-8-9-11(2)10-12(13)14-3/h10H,4-9H2,1-3H3/b11-10-. The van der Waals surface area contributed by atoms with Gasteiger partial charge in [0.1, 0.15) is 0 Å². The molecule has 0 aliphatic carbocycles. The highest BCUT2D eigenvalue weighted by Gasteiger charge is 1.96. The first kappa shape index (κ1) is 13.2. The largest absolute Gasteiger partial charge is 0.466 e. The lowest BCUT2D eigenvalue weighted by atomic mass is 10.1. The number of hydrogen-bond donors (Lipinski definition) is 0. The van der Waals surface area contributed by atoms with Crippen LogP contribution < -0.4 is 0 Å². The van der Waals surface area contributed by atoms with E-state index in [9.17, 15) is 4.79 Å². The van der Waals surface area contributed by atoms with E-state index >= 15 is 0 Å². The van der Waals surface area contributed by atoms with Crippen LogP contribution in [0.15, 0.2) is 11.6 Å². The first-order valence-corrected chi connectivity index (χ1v) is 5.45. The van der Waals surface area contributed by atoms with E-state index in [4.69, 9.17) is 0 Å². The van der Waals surface area contributed by atoms with E-state index in [-0.39, 0.29) is 5.97 Å². The monoisotopic (exact) mass is 198 g/mol. The number of ether oxygens (including phenoxy) is 1. The number of allylic oxidation sites excluding steroid dienone is 1. The fraction of sp³-hybridized carbons (Fsp3) is 0.750. The van der Waals surface area contributed by atoms with Gasteiger partial charge >= 0.3 is 5.97 Å². The molecule has 0 fully saturated rings. The van der Waals surface area contributed by atoms with E-state index in [0.717, 1.165) is 12.0 Å². The van der Waals surface area contributed by atoms with Crippen LogP contribution in [0, 0.1) is 0 Å². The predicted molar refractivity (Wildman–Crippen MR) is 59.1 cm³/mol. The molecule has 0 atom stereocenters. The zero-order valence-electron chi connectivity index (χ0n) is 9.64. The second kappa shape index (κ2) is 8.79. The Morgan fingerprint density at radius 3 is 2.43 bits per heavy atom. The summed E-state index contributed by atoms with van der Waals surface area (Å²) < 4.78 is 4.55. The smallest absolute Gasteiger partial charge is 0.330 e. The molecule has 0 aromatic carbocycles. The molecule has 0 heterocycles. The number of esters is 1. The zero-order valence-corrected chi connectivity index (χ0v) is 9.64.